The van der Waals surface area contributed by atoms with Gasteiger partial charge in [-0.2, -0.15) is 8.78 Å². The first-order chi connectivity index (χ1) is 19.8. The van der Waals surface area contributed by atoms with E-state index >= 15 is 0 Å². The maximum absolute atomic E-state index is 13.0. The van der Waals surface area contributed by atoms with E-state index < -0.39 is 6.61 Å². The number of nitrogens with one attached hydrogen (secondary N) is 2. The number of benzene rings is 2. The van der Waals surface area contributed by atoms with Gasteiger partial charge in [0.2, 0.25) is 0 Å². The van der Waals surface area contributed by atoms with Crippen LogP contribution >= 0.6 is 0 Å². The Labute approximate surface area is 238 Å². The third-order valence-corrected chi connectivity index (χ3v) is 7.78. The van der Waals surface area contributed by atoms with E-state index in [2.05, 4.69) is 28.0 Å². The summed E-state index contributed by atoms with van der Waals surface area (Å²) in [6.07, 6.45) is 11.1. The Balaban J connectivity index is 1.25. The number of nitrogens with zero attached hydrogens (tertiary/aromatic N) is 2. The zero-order valence-corrected chi connectivity index (χ0v) is 23.3. The molecule has 0 atom stereocenters. The monoisotopic (exact) mass is 556 g/mol. The topological polar surface area (TPSA) is 79.5 Å². The molecular formula is C33H34F2N4O2. The van der Waals surface area contributed by atoms with Crippen LogP contribution in [0.4, 0.5) is 20.2 Å². The molecule has 0 aliphatic heterocycles. The van der Waals surface area contributed by atoms with Crippen LogP contribution in [0.25, 0.3) is 16.9 Å². The minimum Gasteiger partial charge on any atom is -0.435 e. The summed E-state index contributed by atoms with van der Waals surface area (Å²) in [4.78, 5) is 17.6. The molecule has 6 nitrogen and oxygen atoms in total. The van der Waals surface area contributed by atoms with Gasteiger partial charge < -0.3 is 15.5 Å². The zero-order valence-electron chi connectivity index (χ0n) is 23.3. The molecule has 5 rings (SSSR count). The van der Waals surface area contributed by atoms with Crippen LogP contribution in [0.2, 0.25) is 0 Å². The Morgan fingerprint density at radius 3 is 2.61 bits per heavy atom. The van der Waals surface area contributed by atoms with E-state index in [1.54, 1.807) is 18.3 Å². The molecule has 0 radical (unpaired) electrons. The van der Waals surface area contributed by atoms with Crippen LogP contribution in [0.5, 0.6) is 5.75 Å². The van der Waals surface area contributed by atoms with Crippen molar-refractivity contribution in [3.05, 3.63) is 89.8 Å². The summed E-state index contributed by atoms with van der Waals surface area (Å²) in [6.45, 7) is 1.14. The van der Waals surface area contributed by atoms with Crippen LogP contribution in [0, 0.1) is 18.3 Å². The largest absolute Gasteiger partial charge is 0.435 e. The molecule has 8 heteroatoms. The maximum Gasteiger partial charge on any atom is 0.387 e. The summed E-state index contributed by atoms with van der Waals surface area (Å²) in [6, 6.07) is 15.9. The number of hydrogen-bond acceptors (Lipinski definition) is 5. The predicted octanol–water partition coefficient (Wildman–Crippen LogP) is 8.77. The average molecular weight is 557 g/mol. The third-order valence-electron chi connectivity index (χ3n) is 7.78. The molecule has 0 amide bonds. The number of pyridine rings is 1. The first-order valence-electron chi connectivity index (χ1n) is 13.9. The number of imidazole rings is 1. The van der Waals surface area contributed by atoms with E-state index in [1.807, 2.05) is 47.9 Å². The van der Waals surface area contributed by atoms with Crippen LogP contribution < -0.4 is 10.1 Å². The lowest BCUT2D eigenvalue weighted by Crippen LogP contribution is -2.16. The Bertz CT molecular complexity index is 1580. The molecular weight excluding hydrogens is 522 g/mol. The molecule has 2 aromatic heterocycles. The van der Waals surface area contributed by atoms with Gasteiger partial charge in [0.15, 0.2) is 11.4 Å². The average Bonchev–Trinajstić information content (AvgIpc) is 3.39. The van der Waals surface area contributed by atoms with Crippen molar-refractivity contribution in [2.75, 3.05) is 5.32 Å². The first-order valence-corrected chi connectivity index (χ1v) is 13.9. The van der Waals surface area contributed by atoms with Gasteiger partial charge in [0, 0.05) is 35.1 Å². The quantitative estimate of drug-likeness (QED) is 0.116. The van der Waals surface area contributed by atoms with Crippen LogP contribution in [-0.4, -0.2) is 27.5 Å². The molecule has 2 heterocycles. The molecule has 4 aromatic rings. The van der Waals surface area contributed by atoms with Crippen LogP contribution in [0.1, 0.15) is 61.4 Å². The minimum atomic E-state index is -2.87. The van der Waals surface area contributed by atoms with Crippen molar-refractivity contribution < 1.29 is 18.3 Å². The normalized spacial score (nSPS) is 15.2. The van der Waals surface area contributed by atoms with Crippen LogP contribution in [0.15, 0.2) is 78.6 Å². The lowest BCUT2D eigenvalue weighted by Gasteiger charge is -2.24. The molecule has 1 aliphatic rings. The highest BCUT2D eigenvalue weighted by atomic mass is 19.3. The second-order valence-electron chi connectivity index (χ2n) is 10.6. The number of rotatable bonds is 10. The van der Waals surface area contributed by atoms with Gasteiger partial charge in [-0.25, -0.2) is 4.98 Å². The number of aryl methyl sites for hydroxylation is 1. The van der Waals surface area contributed by atoms with Crippen molar-refractivity contribution in [2.45, 2.75) is 59.0 Å². The summed E-state index contributed by atoms with van der Waals surface area (Å²) in [5.41, 5.74) is 7.44. The van der Waals surface area contributed by atoms with E-state index in [-0.39, 0.29) is 18.0 Å². The number of Topliss-reactive ketones (excluding diaryl/α,β-unsaturated/α-hetero) is 1. The van der Waals surface area contributed by atoms with Crippen molar-refractivity contribution in [2.24, 2.45) is 5.92 Å². The number of alkyl halides is 2. The molecule has 212 valence electrons. The third kappa shape index (κ3) is 6.70. The number of fused-ring (bicyclic) bond motifs is 1. The fourth-order valence-electron chi connectivity index (χ4n) is 5.59. The Hall–Kier alpha value is -4.33. The number of hydrogen-bond donors (Lipinski definition) is 2. The van der Waals surface area contributed by atoms with Gasteiger partial charge in [-0.3, -0.25) is 9.20 Å². The van der Waals surface area contributed by atoms with Gasteiger partial charge in [-0.1, -0.05) is 11.6 Å². The molecule has 0 spiro atoms. The number of ketones is 1. The lowest BCUT2D eigenvalue weighted by molar-refractivity contribution is -0.0498. The highest BCUT2D eigenvalue weighted by Crippen LogP contribution is 2.32. The zero-order chi connectivity index (χ0) is 28.9. The van der Waals surface area contributed by atoms with E-state index in [9.17, 15) is 13.6 Å². The van der Waals surface area contributed by atoms with Crippen molar-refractivity contribution in [1.82, 2.24) is 9.38 Å². The summed E-state index contributed by atoms with van der Waals surface area (Å²) in [5.74, 6) is 0.576. The van der Waals surface area contributed by atoms with E-state index in [4.69, 9.17) is 5.41 Å². The van der Waals surface area contributed by atoms with Crippen molar-refractivity contribution in [1.29, 1.82) is 5.41 Å². The van der Waals surface area contributed by atoms with Gasteiger partial charge in [0.25, 0.3) is 0 Å². The summed E-state index contributed by atoms with van der Waals surface area (Å²) < 4.78 is 31.4. The van der Waals surface area contributed by atoms with Gasteiger partial charge in [0.05, 0.1) is 17.6 Å². The van der Waals surface area contributed by atoms with Crippen LogP contribution in [-0.2, 0) is 0 Å². The standard InChI is InChI=1S/C33H34F2N4O2/c1-3-22-6-8-23(9-7-22)18-25(36)19-31(40)28-15-12-26(17-21(28)2)38-29-5-4-16-39-30(20-37-32(29)39)24-10-13-27(14-11-24)41-33(34)35/h3-5,10-17,20,23,33,36,38H,6-9,18-19H2,1-2H3. The smallest absolute Gasteiger partial charge is 0.387 e. The SMILES string of the molecule is CC=C1CCC(CC(=N)CC(=O)c2ccc(Nc3cccn4c(-c5ccc(OC(F)F)cc5)cnc34)cc2C)CC1. The maximum atomic E-state index is 13.0. The van der Waals surface area contributed by atoms with E-state index in [0.717, 1.165) is 53.9 Å². The predicted molar refractivity (Wildman–Crippen MR) is 159 cm³/mol. The van der Waals surface area contributed by atoms with E-state index in [0.29, 0.717) is 29.3 Å². The molecule has 2 N–H and O–H groups in total. The number of halogens is 2. The molecule has 0 saturated heterocycles. The molecule has 1 aliphatic carbocycles. The van der Waals surface area contributed by atoms with Gasteiger partial charge in [-0.05, 0) is 112 Å². The van der Waals surface area contributed by atoms with Gasteiger partial charge in [0.1, 0.15) is 5.75 Å². The molecule has 0 unspecified atom stereocenters. The minimum absolute atomic E-state index is 0.0195. The van der Waals surface area contributed by atoms with Gasteiger partial charge >= 0.3 is 6.61 Å². The van der Waals surface area contributed by atoms with E-state index in [1.165, 1.54) is 17.7 Å². The van der Waals surface area contributed by atoms with Crippen molar-refractivity contribution in [3.63, 3.8) is 0 Å². The first kappa shape index (κ1) is 28.2. The highest BCUT2D eigenvalue weighted by Gasteiger charge is 2.20. The number of anilines is 2. The molecule has 41 heavy (non-hydrogen) atoms. The molecule has 2 aromatic carbocycles. The Morgan fingerprint density at radius 2 is 1.93 bits per heavy atom. The number of carbonyl (C=O) groups is 1. The highest BCUT2D eigenvalue weighted by molar-refractivity contribution is 6.09. The van der Waals surface area contributed by atoms with Crippen molar-refractivity contribution in [3.8, 4) is 17.0 Å². The summed E-state index contributed by atoms with van der Waals surface area (Å²) in [7, 11) is 0. The number of aromatic nitrogens is 2. The van der Waals surface area contributed by atoms with Gasteiger partial charge in [-0.15, -0.1) is 0 Å². The fraction of sp³-hybridized carbons (Fsp3) is 0.303. The Morgan fingerprint density at radius 1 is 1.17 bits per heavy atom. The fourth-order valence-corrected chi connectivity index (χ4v) is 5.59. The molecule has 1 saturated carbocycles. The summed E-state index contributed by atoms with van der Waals surface area (Å²) >= 11 is 0. The second kappa shape index (κ2) is 12.5. The number of carbonyl (C=O) groups excluding carboxylic acids is 1. The number of ether oxygens (including phenoxy) is 1. The Kier molecular flexibility index (Phi) is 8.57. The molecule has 0 bridgehead atoms. The summed E-state index contributed by atoms with van der Waals surface area (Å²) in [5, 5.41) is 11.9. The molecule has 1 fully saturated rings. The van der Waals surface area contributed by atoms with Crippen molar-refractivity contribution >= 4 is 28.5 Å². The second-order valence-corrected chi connectivity index (χ2v) is 10.6. The van der Waals surface area contributed by atoms with Crippen LogP contribution in [0.3, 0.4) is 0 Å². The number of allylic oxidation sites excluding steroid dienone is 2. The lowest BCUT2D eigenvalue weighted by atomic mass is 9.82.